The van der Waals surface area contributed by atoms with Crippen LogP contribution in [0.25, 0.3) is 0 Å². The minimum atomic E-state index is -2.41. The van der Waals surface area contributed by atoms with Crippen LogP contribution in [-0.2, 0) is 25.9 Å². The summed E-state index contributed by atoms with van der Waals surface area (Å²) in [4.78, 5) is 15.7. The maximum Gasteiger partial charge on any atom is 0.228 e. The summed E-state index contributed by atoms with van der Waals surface area (Å²) in [6.07, 6.45) is 5.92. The molecule has 0 aromatic heterocycles. The SMILES string of the molecule is C#CCN1CCC(C(=O)Nc2ccc(S(=O)c3ccccc3)cc2)CC1=S(=O)=O. The molecule has 0 spiro atoms. The van der Waals surface area contributed by atoms with Crippen LogP contribution >= 0.6 is 0 Å². The fourth-order valence-electron chi connectivity index (χ4n) is 3.14. The summed E-state index contributed by atoms with van der Waals surface area (Å²) in [6, 6.07) is 15.9. The number of rotatable bonds is 5. The molecule has 3 rings (SSSR count). The van der Waals surface area contributed by atoms with E-state index in [1.54, 1.807) is 41.3 Å². The van der Waals surface area contributed by atoms with Gasteiger partial charge in [0.15, 0.2) is 0 Å². The first-order valence-corrected chi connectivity index (χ1v) is 11.2. The van der Waals surface area contributed by atoms with Gasteiger partial charge >= 0.3 is 0 Å². The first kappa shape index (κ1) is 21.0. The Morgan fingerprint density at radius 2 is 1.72 bits per heavy atom. The average Bonchev–Trinajstić information content (AvgIpc) is 2.74. The fraction of sp³-hybridized carbons (Fsp3) is 0.238. The largest absolute Gasteiger partial charge is 0.326 e. The molecule has 8 heteroatoms. The molecule has 1 heterocycles. The second kappa shape index (κ2) is 9.65. The van der Waals surface area contributed by atoms with Crippen molar-refractivity contribution < 1.29 is 17.4 Å². The van der Waals surface area contributed by atoms with Crippen LogP contribution in [0.5, 0.6) is 0 Å². The maximum absolute atomic E-state index is 12.6. The van der Waals surface area contributed by atoms with Crippen LogP contribution in [0.2, 0.25) is 0 Å². The zero-order chi connectivity index (χ0) is 20.8. The summed E-state index contributed by atoms with van der Waals surface area (Å²) in [5.41, 5.74) is 0.569. The molecule has 0 aliphatic carbocycles. The Balaban J connectivity index is 1.66. The Kier molecular flexibility index (Phi) is 6.99. The van der Waals surface area contributed by atoms with Crippen LogP contribution in [-0.4, -0.2) is 41.5 Å². The Morgan fingerprint density at radius 1 is 1.07 bits per heavy atom. The smallest absolute Gasteiger partial charge is 0.228 e. The molecule has 2 atom stereocenters. The molecule has 1 saturated heterocycles. The third-order valence-electron chi connectivity index (χ3n) is 4.66. The fourth-order valence-corrected chi connectivity index (χ4v) is 4.90. The summed E-state index contributed by atoms with van der Waals surface area (Å²) in [7, 11) is -3.71. The van der Waals surface area contributed by atoms with E-state index in [0.717, 1.165) is 0 Å². The van der Waals surface area contributed by atoms with E-state index in [9.17, 15) is 17.4 Å². The summed E-state index contributed by atoms with van der Waals surface area (Å²) in [5.74, 6) is 1.74. The van der Waals surface area contributed by atoms with Crippen LogP contribution in [0.15, 0.2) is 64.4 Å². The van der Waals surface area contributed by atoms with Crippen molar-refractivity contribution in [2.45, 2.75) is 22.6 Å². The lowest BCUT2D eigenvalue weighted by molar-refractivity contribution is -0.120. The van der Waals surface area contributed by atoms with E-state index in [1.807, 2.05) is 18.2 Å². The van der Waals surface area contributed by atoms with Gasteiger partial charge in [-0.3, -0.25) is 9.69 Å². The third kappa shape index (κ3) is 5.21. The minimum absolute atomic E-state index is 0.125. The number of carbonyl (C=O) groups excluding carboxylic acids is 1. The summed E-state index contributed by atoms with van der Waals surface area (Å²) >= 11 is 0. The average molecular weight is 429 g/mol. The monoisotopic (exact) mass is 428 g/mol. The summed E-state index contributed by atoms with van der Waals surface area (Å²) in [5, 5.41) is 2.81. The van der Waals surface area contributed by atoms with Gasteiger partial charge in [0.2, 0.25) is 16.2 Å². The van der Waals surface area contributed by atoms with E-state index in [4.69, 9.17) is 6.42 Å². The van der Waals surface area contributed by atoms with E-state index in [-0.39, 0.29) is 23.9 Å². The number of carbonyl (C=O) groups is 1. The first-order chi connectivity index (χ1) is 14.0. The molecule has 6 nitrogen and oxygen atoms in total. The van der Waals surface area contributed by atoms with E-state index in [1.165, 1.54) is 0 Å². The highest BCUT2D eigenvalue weighted by Crippen LogP contribution is 2.22. The predicted octanol–water partition coefficient (Wildman–Crippen LogP) is 2.15. The molecule has 1 N–H and O–H groups in total. The number of nitrogens with one attached hydrogen (secondary N) is 1. The van der Waals surface area contributed by atoms with E-state index >= 15 is 0 Å². The Labute approximate surface area is 173 Å². The van der Waals surface area contributed by atoms with Crippen molar-refractivity contribution in [1.82, 2.24) is 4.90 Å². The number of terminal acetylenes is 1. The van der Waals surface area contributed by atoms with E-state index in [0.29, 0.717) is 28.4 Å². The van der Waals surface area contributed by atoms with Gasteiger partial charge in [0, 0.05) is 34.4 Å². The van der Waals surface area contributed by atoms with Gasteiger partial charge in [0.05, 0.1) is 17.3 Å². The molecular weight excluding hydrogens is 408 g/mol. The second-order valence-electron chi connectivity index (χ2n) is 6.54. The van der Waals surface area contributed by atoms with Gasteiger partial charge < -0.3 is 5.32 Å². The number of amides is 1. The van der Waals surface area contributed by atoms with Crippen LogP contribution < -0.4 is 5.32 Å². The van der Waals surface area contributed by atoms with Crippen molar-refractivity contribution in [3.05, 3.63) is 54.6 Å². The zero-order valence-electron chi connectivity index (χ0n) is 15.6. The topological polar surface area (TPSA) is 83.6 Å². The van der Waals surface area contributed by atoms with Crippen molar-refractivity contribution in [3.8, 4) is 12.3 Å². The number of hydrogen-bond acceptors (Lipinski definition) is 4. The van der Waals surface area contributed by atoms with Crippen LogP contribution in [0, 0.1) is 18.3 Å². The van der Waals surface area contributed by atoms with Gasteiger partial charge in [-0.1, -0.05) is 24.1 Å². The van der Waals surface area contributed by atoms with Crippen LogP contribution in [0.1, 0.15) is 12.8 Å². The molecule has 1 aliphatic heterocycles. The number of hydrogen-bond donors (Lipinski definition) is 1. The molecule has 2 unspecified atom stereocenters. The molecule has 2 aromatic rings. The number of anilines is 1. The number of likely N-dealkylation sites (tertiary alicyclic amines) is 1. The lowest BCUT2D eigenvalue weighted by Gasteiger charge is -2.29. The molecule has 0 radical (unpaired) electrons. The molecule has 1 aliphatic rings. The summed E-state index contributed by atoms with van der Waals surface area (Å²) in [6.45, 7) is 0.623. The Bertz CT molecular complexity index is 1080. The van der Waals surface area contributed by atoms with Gasteiger partial charge in [-0.15, -0.1) is 6.42 Å². The van der Waals surface area contributed by atoms with Crippen molar-refractivity contribution in [1.29, 1.82) is 0 Å². The van der Waals surface area contributed by atoms with Crippen molar-refractivity contribution in [3.63, 3.8) is 0 Å². The third-order valence-corrected chi connectivity index (χ3v) is 6.87. The van der Waals surface area contributed by atoms with Gasteiger partial charge in [-0.05, 0) is 42.8 Å². The van der Waals surface area contributed by atoms with Gasteiger partial charge in [0.1, 0.15) is 4.99 Å². The van der Waals surface area contributed by atoms with Gasteiger partial charge in [0.25, 0.3) is 0 Å². The highest BCUT2D eigenvalue weighted by molar-refractivity contribution is 7.85. The molecular formula is C21H20N2O4S2. The molecule has 0 bridgehead atoms. The molecule has 2 aromatic carbocycles. The molecule has 1 amide bonds. The van der Waals surface area contributed by atoms with Crippen molar-refractivity contribution in [2.24, 2.45) is 5.92 Å². The number of piperidine rings is 1. The van der Waals surface area contributed by atoms with Crippen LogP contribution in [0.4, 0.5) is 5.69 Å². The van der Waals surface area contributed by atoms with Crippen molar-refractivity contribution in [2.75, 3.05) is 18.4 Å². The highest BCUT2D eigenvalue weighted by atomic mass is 32.2. The normalized spacial score (nSPS) is 17.9. The number of nitrogens with zero attached hydrogens (tertiary/aromatic N) is 1. The molecule has 29 heavy (non-hydrogen) atoms. The number of benzene rings is 2. The minimum Gasteiger partial charge on any atom is -0.326 e. The first-order valence-electron chi connectivity index (χ1n) is 9.01. The van der Waals surface area contributed by atoms with E-state index < -0.39 is 27.0 Å². The molecule has 1 fully saturated rings. The summed E-state index contributed by atoms with van der Waals surface area (Å²) < 4.78 is 35.5. The highest BCUT2D eigenvalue weighted by Gasteiger charge is 2.30. The van der Waals surface area contributed by atoms with Crippen LogP contribution in [0.3, 0.4) is 0 Å². The molecule has 150 valence electrons. The van der Waals surface area contributed by atoms with E-state index in [2.05, 4.69) is 11.2 Å². The Morgan fingerprint density at radius 3 is 2.34 bits per heavy atom. The van der Waals surface area contributed by atoms with Gasteiger partial charge in [-0.25, -0.2) is 4.21 Å². The second-order valence-corrected chi connectivity index (χ2v) is 8.96. The lowest BCUT2D eigenvalue weighted by atomic mass is 9.95. The maximum atomic E-state index is 12.6. The lowest BCUT2D eigenvalue weighted by Crippen LogP contribution is -2.42. The quantitative estimate of drug-likeness (QED) is 0.583. The predicted molar refractivity (Wildman–Crippen MR) is 113 cm³/mol. The zero-order valence-corrected chi connectivity index (χ0v) is 17.2. The van der Waals surface area contributed by atoms with Gasteiger partial charge in [-0.2, -0.15) is 8.42 Å². The van der Waals surface area contributed by atoms with Crippen molar-refractivity contribution >= 4 is 37.7 Å². The Hall–Kier alpha value is -2.73. The standard InChI is InChI=1S/C21H20N2O4S2/c1-2-13-23-14-12-16(15-20(23)29(26)27)21(24)22-17-8-10-19(11-9-17)28(25)18-6-4-3-5-7-18/h1,3-11,16H,12-15H2,(H,22,24). The molecule has 0 saturated carbocycles.